The van der Waals surface area contributed by atoms with Crippen molar-refractivity contribution in [3.8, 4) is 0 Å². The summed E-state index contributed by atoms with van der Waals surface area (Å²) in [6.07, 6.45) is 0.390. The summed E-state index contributed by atoms with van der Waals surface area (Å²) in [5.41, 5.74) is -0.746. The molecule has 0 spiro atoms. The van der Waals surface area contributed by atoms with Crippen LogP contribution in [0.1, 0.15) is 13.3 Å². The van der Waals surface area contributed by atoms with Crippen LogP contribution in [0, 0.1) is 5.82 Å². The lowest BCUT2D eigenvalue weighted by Crippen LogP contribution is -2.56. The van der Waals surface area contributed by atoms with E-state index in [9.17, 15) is 23.9 Å². The van der Waals surface area contributed by atoms with E-state index < -0.39 is 28.5 Å². The minimum Gasteiger partial charge on any atom is -0.479 e. The van der Waals surface area contributed by atoms with E-state index in [0.717, 1.165) is 11.8 Å². The molecule has 0 radical (unpaired) electrons. The van der Waals surface area contributed by atoms with E-state index in [1.165, 1.54) is 36.0 Å². The Morgan fingerprint density at radius 2 is 2.04 bits per heavy atom. The van der Waals surface area contributed by atoms with Crippen molar-refractivity contribution >= 4 is 47.0 Å². The number of aliphatic carboxylic acids is 1. The van der Waals surface area contributed by atoms with Gasteiger partial charge in [0.05, 0.1) is 11.0 Å². The summed E-state index contributed by atoms with van der Waals surface area (Å²) in [5.74, 6) is -1.08. The van der Waals surface area contributed by atoms with E-state index in [2.05, 4.69) is 10.6 Å². The third kappa shape index (κ3) is 5.37. The van der Waals surface area contributed by atoms with Gasteiger partial charge >= 0.3 is 5.97 Å². The second kappa shape index (κ2) is 8.57. The first-order chi connectivity index (χ1) is 11.8. The lowest BCUT2D eigenvalue weighted by molar-refractivity contribution is -0.146. The number of halogens is 1. The first kappa shape index (κ1) is 19.6. The van der Waals surface area contributed by atoms with Crippen molar-refractivity contribution in [1.82, 2.24) is 5.32 Å². The molecule has 0 bridgehead atoms. The molecule has 0 aliphatic carbocycles. The molecular formula is C16H19FN2O4S2. The first-order valence-corrected chi connectivity index (χ1v) is 9.83. The molecule has 9 heteroatoms. The highest BCUT2D eigenvalue weighted by atomic mass is 32.2. The number of nitrogens with one attached hydrogen (secondary N) is 2. The predicted octanol–water partition coefficient (Wildman–Crippen LogP) is 1.96. The third-order valence-corrected chi connectivity index (χ3v) is 6.09. The normalized spacial score (nSPS) is 20.7. The van der Waals surface area contributed by atoms with Crippen LogP contribution in [0.3, 0.4) is 0 Å². The number of hydrogen-bond acceptors (Lipinski definition) is 5. The van der Waals surface area contributed by atoms with E-state index in [0.29, 0.717) is 23.6 Å². The van der Waals surface area contributed by atoms with Crippen LogP contribution in [0.2, 0.25) is 0 Å². The SMILES string of the molecule is CC(SCC(=O)Nc1ccc(F)cc1)C(=O)NC1(C(=O)O)CCSC1. The minimum atomic E-state index is -1.22. The Hall–Kier alpha value is -1.74. The number of thioether (sulfide) groups is 2. The van der Waals surface area contributed by atoms with Gasteiger partial charge in [-0.15, -0.1) is 11.8 Å². The predicted molar refractivity (Wildman–Crippen MR) is 97.4 cm³/mol. The van der Waals surface area contributed by atoms with Gasteiger partial charge in [-0.25, -0.2) is 9.18 Å². The van der Waals surface area contributed by atoms with Gasteiger partial charge < -0.3 is 15.7 Å². The summed E-state index contributed by atoms with van der Waals surface area (Å²) >= 11 is 2.60. The quantitative estimate of drug-likeness (QED) is 0.663. The number of hydrogen-bond donors (Lipinski definition) is 3. The van der Waals surface area contributed by atoms with Crippen molar-refractivity contribution in [2.75, 3.05) is 22.6 Å². The van der Waals surface area contributed by atoms with Crippen molar-refractivity contribution in [3.63, 3.8) is 0 Å². The Labute approximate surface area is 153 Å². The van der Waals surface area contributed by atoms with Crippen LogP contribution < -0.4 is 10.6 Å². The van der Waals surface area contributed by atoms with Gasteiger partial charge in [-0.1, -0.05) is 0 Å². The number of carbonyl (C=O) groups is 3. The second-order valence-electron chi connectivity index (χ2n) is 5.69. The molecule has 2 rings (SSSR count). The average Bonchev–Trinajstić information content (AvgIpc) is 3.04. The summed E-state index contributed by atoms with van der Waals surface area (Å²) in [7, 11) is 0. The monoisotopic (exact) mass is 386 g/mol. The molecule has 2 atom stereocenters. The highest BCUT2D eigenvalue weighted by Crippen LogP contribution is 2.29. The molecule has 136 valence electrons. The smallest absolute Gasteiger partial charge is 0.330 e. The number of amides is 2. The van der Waals surface area contributed by atoms with Crippen LogP contribution >= 0.6 is 23.5 Å². The van der Waals surface area contributed by atoms with Crippen LogP contribution in [-0.4, -0.2) is 50.9 Å². The van der Waals surface area contributed by atoms with Gasteiger partial charge in [0, 0.05) is 11.4 Å². The number of carbonyl (C=O) groups excluding carboxylic acids is 2. The van der Waals surface area contributed by atoms with Crippen LogP contribution in [0.5, 0.6) is 0 Å². The number of anilines is 1. The van der Waals surface area contributed by atoms with Crippen molar-refractivity contribution in [3.05, 3.63) is 30.1 Å². The summed E-state index contributed by atoms with van der Waals surface area (Å²) in [6.45, 7) is 1.63. The standard InChI is InChI=1S/C16H19FN2O4S2/c1-10(14(21)19-16(15(22)23)6-7-24-9-16)25-8-13(20)18-12-4-2-11(17)3-5-12/h2-5,10H,6-9H2,1H3,(H,18,20)(H,19,21)(H,22,23). The zero-order valence-corrected chi connectivity index (χ0v) is 15.2. The summed E-state index contributed by atoms with van der Waals surface area (Å²) < 4.78 is 12.8. The van der Waals surface area contributed by atoms with Crippen LogP contribution in [0.15, 0.2) is 24.3 Å². The summed E-state index contributed by atoms with van der Waals surface area (Å²) in [6, 6.07) is 5.37. The van der Waals surface area contributed by atoms with Crippen molar-refractivity contribution < 1.29 is 23.9 Å². The van der Waals surface area contributed by atoms with E-state index in [1.54, 1.807) is 6.92 Å². The fourth-order valence-electron chi connectivity index (χ4n) is 2.23. The molecule has 1 saturated heterocycles. The van der Waals surface area contributed by atoms with Gasteiger partial charge in [0.25, 0.3) is 0 Å². The van der Waals surface area contributed by atoms with Gasteiger partial charge in [0.2, 0.25) is 11.8 Å². The van der Waals surface area contributed by atoms with Gasteiger partial charge in [-0.3, -0.25) is 9.59 Å². The Morgan fingerprint density at radius 1 is 1.36 bits per heavy atom. The molecule has 1 aromatic carbocycles. The number of benzene rings is 1. The molecule has 0 aromatic heterocycles. The van der Waals surface area contributed by atoms with Crippen molar-refractivity contribution in [2.45, 2.75) is 24.1 Å². The molecule has 3 N–H and O–H groups in total. The molecule has 0 saturated carbocycles. The zero-order chi connectivity index (χ0) is 18.4. The Morgan fingerprint density at radius 3 is 2.60 bits per heavy atom. The first-order valence-electron chi connectivity index (χ1n) is 7.62. The second-order valence-corrected chi connectivity index (χ2v) is 8.12. The van der Waals surface area contributed by atoms with E-state index in [-0.39, 0.29) is 11.7 Å². The molecule has 2 amide bonds. The van der Waals surface area contributed by atoms with E-state index >= 15 is 0 Å². The molecule has 2 unspecified atom stereocenters. The fraction of sp³-hybridized carbons (Fsp3) is 0.438. The highest BCUT2D eigenvalue weighted by molar-refractivity contribution is 8.01. The fourth-order valence-corrected chi connectivity index (χ4v) is 4.24. The van der Waals surface area contributed by atoms with Gasteiger partial charge in [0.1, 0.15) is 11.4 Å². The van der Waals surface area contributed by atoms with E-state index in [4.69, 9.17) is 0 Å². The zero-order valence-electron chi connectivity index (χ0n) is 13.6. The molecule has 1 aromatic rings. The van der Waals surface area contributed by atoms with Crippen LogP contribution in [-0.2, 0) is 14.4 Å². The molecule has 25 heavy (non-hydrogen) atoms. The minimum absolute atomic E-state index is 0.0286. The maximum atomic E-state index is 12.8. The molecule has 6 nitrogen and oxygen atoms in total. The Balaban J connectivity index is 1.81. The maximum absolute atomic E-state index is 12.8. The van der Waals surface area contributed by atoms with Crippen LogP contribution in [0.4, 0.5) is 10.1 Å². The van der Waals surface area contributed by atoms with Crippen molar-refractivity contribution in [1.29, 1.82) is 0 Å². The lowest BCUT2D eigenvalue weighted by Gasteiger charge is -2.26. The number of rotatable bonds is 7. The van der Waals surface area contributed by atoms with Crippen LogP contribution in [0.25, 0.3) is 0 Å². The lowest BCUT2D eigenvalue weighted by atomic mass is 9.99. The third-order valence-electron chi connectivity index (χ3n) is 3.76. The average molecular weight is 386 g/mol. The molecular weight excluding hydrogens is 367 g/mol. The molecule has 1 aliphatic heterocycles. The molecule has 1 aliphatic rings. The summed E-state index contributed by atoms with van der Waals surface area (Å²) in [5, 5.41) is 14.0. The van der Waals surface area contributed by atoms with Gasteiger partial charge in [-0.2, -0.15) is 11.8 Å². The largest absolute Gasteiger partial charge is 0.479 e. The number of carboxylic acid groups (broad SMARTS) is 1. The molecule has 1 fully saturated rings. The van der Waals surface area contributed by atoms with Gasteiger partial charge in [-0.05, 0) is 43.4 Å². The Kier molecular flexibility index (Phi) is 6.71. The highest BCUT2D eigenvalue weighted by Gasteiger charge is 2.43. The van der Waals surface area contributed by atoms with Crippen molar-refractivity contribution in [2.24, 2.45) is 0 Å². The maximum Gasteiger partial charge on any atom is 0.330 e. The van der Waals surface area contributed by atoms with E-state index in [1.807, 2.05) is 0 Å². The summed E-state index contributed by atoms with van der Waals surface area (Å²) in [4.78, 5) is 35.6. The Bertz CT molecular complexity index is 648. The van der Waals surface area contributed by atoms with Gasteiger partial charge in [0.15, 0.2) is 0 Å². The molecule has 1 heterocycles. The number of carboxylic acids is 1. The topological polar surface area (TPSA) is 95.5 Å².